The minimum atomic E-state index is -0.178. The van der Waals surface area contributed by atoms with Gasteiger partial charge in [-0.05, 0) is 23.3 Å². The van der Waals surface area contributed by atoms with Crippen LogP contribution in [0.25, 0.3) is 20.2 Å². The Labute approximate surface area is 113 Å². The van der Waals surface area contributed by atoms with Crippen molar-refractivity contribution >= 4 is 31.5 Å². The SMILES string of the molecule is O=c1c2ccccc2sc2c(CO)ccc(CO)c12. The Morgan fingerprint density at radius 2 is 1.63 bits per heavy atom. The van der Waals surface area contributed by atoms with Gasteiger partial charge in [0, 0.05) is 20.2 Å². The van der Waals surface area contributed by atoms with E-state index in [0.717, 1.165) is 15.0 Å². The van der Waals surface area contributed by atoms with Crippen molar-refractivity contribution in [3.8, 4) is 0 Å². The fraction of sp³-hybridized carbons (Fsp3) is 0.133. The normalized spacial score (nSPS) is 11.3. The molecule has 96 valence electrons. The predicted octanol–water partition coefficient (Wildman–Crippen LogP) is 2.40. The lowest BCUT2D eigenvalue weighted by Crippen LogP contribution is -2.05. The molecule has 0 radical (unpaired) electrons. The van der Waals surface area contributed by atoms with E-state index in [0.29, 0.717) is 16.3 Å². The third-order valence-electron chi connectivity index (χ3n) is 3.24. The van der Waals surface area contributed by atoms with Crippen molar-refractivity contribution in [2.75, 3.05) is 0 Å². The van der Waals surface area contributed by atoms with Crippen molar-refractivity contribution in [3.63, 3.8) is 0 Å². The Morgan fingerprint density at radius 3 is 2.37 bits per heavy atom. The first-order valence-corrected chi connectivity index (χ1v) is 6.76. The van der Waals surface area contributed by atoms with E-state index in [2.05, 4.69) is 0 Å². The van der Waals surface area contributed by atoms with Gasteiger partial charge in [0.1, 0.15) is 0 Å². The van der Waals surface area contributed by atoms with Gasteiger partial charge in [-0.1, -0.05) is 24.3 Å². The highest BCUT2D eigenvalue weighted by Crippen LogP contribution is 2.29. The quantitative estimate of drug-likeness (QED) is 0.704. The maximum absolute atomic E-state index is 12.5. The lowest BCUT2D eigenvalue weighted by Gasteiger charge is -2.08. The Kier molecular flexibility index (Phi) is 3.06. The molecule has 3 rings (SSSR count). The van der Waals surface area contributed by atoms with Crippen LogP contribution in [-0.4, -0.2) is 10.2 Å². The van der Waals surface area contributed by atoms with Crippen LogP contribution in [0.2, 0.25) is 0 Å². The molecule has 19 heavy (non-hydrogen) atoms. The molecule has 0 bridgehead atoms. The Hall–Kier alpha value is -1.75. The number of fused-ring (bicyclic) bond motifs is 2. The molecular weight excluding hydrogens is 260 g/mol. The van der Waals surface area contributed by atoms with Crippen molar-refractivity contribution in [2.45, 2.75) is 13.2 Å². The molecule has 0 fully saturated rings. The maximum atomic E-state index is 12.5. The molecular formula is C15H12O3S. The summed E-state index contributed by atoms with van der Waals surface area (Å²) < 4.78 is 1.66. The van der Waals surface area contributed by atoms with Gasteiger partial charge >= 0.3 is 0 Å². The zero-order valence-electron chi connectivity index (χ0n) is 10.1. The molecule has 0 aliphatic carbocycles. The van der Waals surface area contributed by atoms with Crippen LogP contribution in [0.15, 0.2) is 41.2 Å². The number of aliphatic hydroxyl groups excluding tert-OH is 2. The van der Waals surface area contributed by atoms with E-state index in [1.165, 1.54) is 11.3 Å². The lowest BCUT2D eigenvalue weighted by molar-refractivity contribution is 0.280. The van der Waals surface area contributed by atoms with Crippen LogP contribution < -0.4 is 5.43 Å². The molecule has 0 saturated carbocycles. The van der Waals surface area contributed by atoms with E-state index in [1.807, 2.05) is 18.2 Å². The summed E-state index contributed by atoms with van der Waals surface area (Å²) in [7, 11) is 0. The van der Waals surface area contributed by atoms with Gasteiger partial charge in [-0.15, -0.1) is 11.3 Å². The van der Waals surface area contributed by atoms with Crippen molar-refractivity contribution in [1.82, 2.24) is 0 Å². The Balaban J connectivity index is 2.60. The van der Waals surface area contributed by atoms with E-state index < -0.39 is 0 Å². The molecule has 2 aromatic carbocycles. The monoisotopic (exact) mass is 272 g/mol. The molecule has 0 amide bonds. The van der Waals surface area contributed by atoms with Crippen molar-refractivity contribution in [3.05, 3.63) is 57.7 Å². The standard InChI is InChI=1S/C15H12O3S/c16-7-9-5-6-10(8-17)15-13(9)14(18)11-3-1-2-4-12(11)19-15/h1-6,16-17H,7-8H2. The predicted molar refractivity (Wildman–Crippen MR) is 77.4 cm³/mol. The van der Waals surface area contributed by atoms with Gasteiger partial charge in [0.15, 0.2) is 5.43 Å². The van der Waals surface area contributed by atoms with Gasteiger partial charge in [0.2, 0.25) is 0 Å². The fourth-order valence-electron chi connectivity index (χ4n) is 2.28. The molecule has 2 N–H and O–H groups in total. The Bertz CT molecular complexity index is 821. The van der Waals surface area contributed by atoms with Crippen LogP contribution in [-0.2, 0) is 13.2 Å². The average Bonchev–Trinajstić information content (AvgIpc) is 2.46. The van der Waals surface area contributed by atoms with Crippen LogP contribution >= 0.6 is 11.3 Å². The molecule has 0 aliphatic heterocycles. The van der Waals surface area contributed by atoms with E-state index in [4.69, 9.17) is 0 Å². The van der Waals surface area contributed by atoms with E-state index in [-0.39, 0.29) is 18.6 Å². The Morgan fingerprint density at radius 1 is 0.947 bits per heavy atom. The molecule has 4 heteroatoms. The van der Waals surface area contributed by atoms with Gasteiger partial charge in [-0.2, -0.15) is 0 Å². The smallest absolute Gasteiger partial charge is 0.196 e. The van der Waals surface area contributed by atoms with Gasteiger partial charge in [-0.25, -0.2) is 0 Å². The van der Waals surface area contributed by atoms with Crippen LogP contribution in [0.1, 0.15) is 11.1 Å². The highest BCUT2D eigenvalue weighted by molar-refractivity contribution is 7.24. The van der Waals surface area contributed by atoms with Crippen LogP contribution in [0, 0.1) is 0 Å². The molecule has 0 atom stereocenters. The van der Waals surface area contributed by atoms with E-state index >= 15 is 0 Å². The lowest BCUT2D eigenvalue weighted by atomic mass is 10.1. The molecule has 0 unspecified atom stereocenters. The maximum Gasteiger partial charge on any atom is 0.196 e. The summed E-state index contributed by atoms with van der Waals surface area (Å²) >= 11 is 1.48. The van der Waals surface area contributed by atoms with Crippen molar-refractivity contribution < 1.29 is 10.2 Å². The van der Waals surface area contributed by atoms with Crippen molar-refractivity contribution in [2.24, 2.45) is 0 Å². The zero-order chi connectivity index (χ0) is 13.4. The second kappa shape index (κ2) is 4.74. The summed E-state index contributed by atoms with van der Waals surface area (Å²) in [4.78, 5) is 12.5. The summed E-state index contributed by atoms with van der Waals surface area (Å²) in [6.07, 6.45) is 0. The van der Waals surface area contributed by atoms with Gasteiger partial charge in [0.05, 0.1) is 13.2 Å². The number of hydrogen-bond donors (Lipinski definition) is 2. The second-order valence-corrected chi connectivity index (χ2v) is 5.38. The van der Waals surface area contributed by atoms with Gasteiger partial charge < -0.3 is 10.2 Å². The number of aliphatic hydroxyl groups is 2. The highest BCUT2D eigenvalue weighted by Gasteiger charge is 2.12. The fourth-order valence-corrected chi connectivity index (χ4v) is 3.50. The molecule has 0 saturated heterocycles. The summed E-state index contributed by atoms with van der Waals surface area (Å²) in [6, 6.07) is 10.9. The first kappa shape index (κ1) is 12.3. The van der Waals surface area contributed by atoms with Gasteiger partial charge in [0.25, 0.3) is 0 Å². The molecule has 1 heterocycles. The number of rotatable bonds is 2. The molecule has 3 nitrogen and oxygen atoms in total. The van der Waals surface area contributed by atoms with E-state index in [9.17, 15) is 15.0 Å². The first-order chi connectivity index (χ1) is 9.26. The number of hydrogen-bond acceptors (Lipinski definition) is 4. The molecule has 3 aromatic rings. The average molecular weight is 272 g/mol. The third kappa shape index (κ3) is 1.85. The molecule has 0 spiro atoms. The second-order valence-electron chi connectivity index (χ2n) is 4.33. The molecule has 1 aromatic heterocycles. The van der Waals surface area contributed by atoms with Crippen molar-refractivity contribution in [1.29, 1.82) is 0 Å². The summed E-state index contributed by atoms with van der Waals surface area (Å²) in [6.45, 7) is -0.293. The first-order valence-electron chi connectivity index (χ1n) is 5.94. The summed E-state index contributed by atoms with van der Waals surface area (Å²) in [5.41, 5.74) is 1.25. The minimum Gasteiger partial charge on any atom is -0.392 e. The van der Waals surface area contributed by atoms with Crippen LogP contribution in [0.4, 0.5) is 0 Å². The highest BCUT2D eigenvalue weighted by atomic mass is 32.1. The van der Waals surface area contributed by atoms with E-state index in [1.54, 1.807) is 18.2 Å². The topological polar surface area (TPSA) is 57.5 Å². The summed E-state index contributed by atoms with van der Waals surface area (Å²) in [5, 5.41) is 20.0. The van der Waals surface area contributed by atoms with Gasteiger partial charge in [-0.3, -0.25) is 4.79 Å². The third-order valence-corrected chi connectivity index (χ3v) is 4.48. The largest absolute Gasteiger partial charge is 0.392 e. The summed E-state index contributed by atoms with van der Waals surface area (Å²) in [5.74, 6) is 0. The zero-order valence-corrected chi connectivity index (χ0v) is 10.9. The van der Waals surface area contributed by atoms with Crippen LogP contribution in [0.3, 0.4) is 0 Å². The number of benzene rings is 2. The molecule has 0 aliphatic rings. The minimum absolute atomic E-state index is 0.0799. The van der Waals surface area contributed by atoms with Crippen LogP contribution in [0.5, 0.6) is 0 Å².